The van der Waals surface area contributed by atoms with E-state index in [4.69, 9.17) is 4.74 Å². The van der Waals surface area contributed by atoms with Crippen LogP contribution in [0.4, 0.5) is 10.6 Å². The first-order valence-electron chi connectivity index (χ1n) is 4.91. The van der Waals surface area contributed by atoms with E-state index >= 15 is 0 Å². The number of aryl methyl sites for hydroxylation is 1. The van der Waals surface area contributed by atoms with Crippen LogP contribution >= 0.6 is 15.9 Å². The number of rotatable bonds is 1. The van der Waals surface area contributed by atoms with Gasteiger partial charge in [0.1, 0.15) is 11.4 Å². The second-order valence-corrected chi connectivity index (χ2v) is 5.24. The molecule has 0 radical (unpaired) electrons. The van der Waals surface area contributed by atoms with Crippen LogP contribution in [0.1, 0.15) is 26.5 Å². The lowest BCUT2D eigenvalue weighted by atomic mass is 10.2. The number of ether oxygens (including phenoxy) is 1. The van der Waals surface area contributed by atoms with E-state index < -0.39 is 11.7 Å². The molecule has 0 saturated carbocycles. The Morgan fingerprint density at radius 3 is 2.56 bits per heavy atom. The first kappa shape index (κ1) is 13.0. The van der Waals surface area contributed by atoms with Crippen LogP contribution in [0, 0.1) is 6.92 Å². The summed E-state index contributed by atoms with van der Waals surface area (Å²) in [6.07, 6.45) is -0.498. The summed E-state index contributed by atoms with van der Waals surface area (Å²) in [6, 6.07) is 3.54. The molecule has 0 spiro atoms. The predicted octanol–water partition coefficient (Wildman–Crippen LogP) is 3.50. The Morgan fingerprint density at radius 2 is 2.06 bits per heavy atom. The highest BCUT2D eigenvalue weighted by Gasteiger charge is 2.16. The Bertz CT molecular complexity index is 399. The van der Waals surface area contributed by atoms with Crippen molar-refractivity contribution in [2.75, 3.05) is 5.32 Å². The van der Waals surface area contributed by atoms with Gasteiger partial charge in [0.2, 0.25) is 0 Å². The number of pyridine rings is 1. The van der Waals surface area contributed by atoms with Gasteiger partial charge in [0.15, 0.2) is 0 Å². The van der Waals surface area contributed by atoms with Crippen LogP contribution in [0.3, 0.4) is 0 Å². The first-order valence-corrected chi connectivity index (χ1v) is 5.70. The molecule has 0 aliphatic heterocycles. The Hall–Kier alpha value is -1.10. The molecule has 0 aliphatic rings. The zero-order valence-electron chi connectivity index (χ0n) is 9.80. The lowest BCUT2D eigenvalue weighted by Crippen LogP contribution is -2.27. The Labute approximate surface area is 104 Å². The fraction of sp³-hybridized carbons (Fsp3) is 0.455. The molecule has 1 amide bonds. The number of nitrogens with one attached hydrogen (secondary N) is 1. The van der Waals surface area contributed by atoms with Crippen LogP contribution in [0.2, 0.25) is 0 Å². The molecule has 0 atom stereocenters. The van der Waals surface area contributed by atoms with Crippen molar-refractivity contribution in [1.82, 2.24) is 4.98 Å². The lowest BCUT2D eigenvalue weighted by molar-refractivity contribution is 0.0635. The minimum Gasteiger partial charge on any atom is -0.444 e. The van der Waals surface area contributed by atoms with Crippen molar-refractivity contribution in [2.24, 2.45) is 0 Å². The van der Waals surface area contributed by atoms with Crippen LogP contribution in [-0.4, -0.2) is 16.7 Å². The summed E-state index contributed by atoms with van der Waals surface area (Å²) in [6.45, 7) is 7.29. The Balaban J connectivity index is 2.67. The maximum Gasteiger partial charge on any atom is 0.413 e. The predicted molar refractivity (Wildman–Crippen MR) is 66.5 cm³/mol. The molecular weight excluding hydrogens is 272 g/mol. The zero-order chi connectivity index (χ0) is 12.3. The SMILES string of the molecule is Cc1nc(NC(=O)OC(C)(C)C)ccc1Br. The highest BCUT2D eigenvalue weighted by Crippen LogP contribution is 2.17. The largest absolute Gasteiger partial charge is 0.444 e. The molecule has 16 heavy (non-hydrogen) atoms. The molecule has 1 aromatic rings. The topological polar surface area (TPSA) is 51.2 Å². The number of hydrogen-bond donors (Lipinski definition) is 1. The van der Waals surface area contributed by atoms with E-state index in [0.717, 1.165) is 10.2 Å². The Kier molecular flexibility index (Phi) is 3.91. The summed E-state index contributed by atoms with van der Waals surface area (Å²) in [5.41, 5.74) is 0.308. The molecule has 1 aromatic heterocycles. The minimum atomic E-state index is -0.505. The van der Waals surface area contributed by atoms with Gasteiger partial charge in [0.25, 0.3) is 0 Å². The molecule has 0 aromatic carbocycles. The standard InChI is InChI=1S/C11H15BrN2O2/c1-7-8(12)5-6-9(13-7)14-10(15)16-11(2,3)4/h5-6H,1-4H3,(H,13,14,15). The van der Waals surface area contributed by atoms with Crippen LogP contribution in [0.5, 0.6) is 0 Å². The molecule has 5 heteroatoms. The molecule has 0 bridgehead atoms. The molecule has 1 N–H and O–H groups in total. The molecule has 0 aliphatic carbocycles. The van der Waals surface area contributed by atoms with Gasteiger partial charge in [0, 0.05) is 4.47 Å². The first-order chi connectivity index (χ1) is 7.28. The van der Waals surface area contributed by atoms with E-state index in [0.29, 0.717) is 5.82 Å². The van der Waals surface area contributed by atoms with Gasteiger partial charge in [-0.2, -0.15) is 0 Å². The van der Waals surface area contributed by atoms with Crippen LogP contribution < -0.4 is 5.32 Å². The summed E-state index contributed by atoms with van der Waals surface area (Å²) in [7, 11) is 0. The van der Waals surface area contributed by atoms with Gasteiger partial charge in [-0.15, -0.1) is 0 Å². The molecule has 4 nitrogen and oxygen atoms in total. The summed E-state index contributed by atoms with van der Waals surface area (Å²) in [5, 5.41) is 2.57. The van der Waals surface area contributed by atoms with Crippen molar-refractivity contribution in [3.8, 4) is 0 Å². The van der Waals surface area contributed by atoms with Gasteiger partial charge in [-0.25, -0.2) is 9.78 Å². The van der Waals surface area contributed by atoms with Crippen LogP contribution in [-0.2, 0) is 4.74 Å². The monoisotopic (exact) mass is 286 g/mol. The van der Waals surface area contributed by atoms with Crippen molar-refractivity contribution in [3.63, 3.8) is 0 Å². The summed E-state index contributed by atoms with van der Waals surface area (Å²) < 4.78 is 6.01. The number of amides is 1. The molecular formula is C11H15BrN2O2. The third-order valence-corrected chi connectivity index (χ3v) is 2.49. The highest BCUT2D eigenvalue weighted by atomic mass is 79.9. The van der Waals surface area contributed by atoms with Crippen molar-refractivity contribution >= 4 is 27.8 Å². The summed E-state index contributed by atoms with van der Waals surface area (Å²) in [4.78, 5) is 15.6. The van der Waals surface area contributed by atoms with Crippen LogP contribution in [0.15, 0.2) is 16.6 Å². The third kappa shape index (κ3) is 4.18. The number of hydrogen-bond acceptors (Lipinski definition) is 3. The van der Waals surface area contributed by atoms with E-state index in [1.807, 2.05) is 33.8 Å². The van der Waals surface area contributed by atoms with Crippen molar-refractivity contribution < 1.29 is 9.53 Å². The number of anilines is 1. The van der Waals surface area contributed by atoms with E-state index in [1.165, 1.54) is 0 Å². The highest BCUT2D eigenvalue weighted by molar-refractivity contribution is 9.10. The minimum absolute atomic E-state index is 0.481. The molecule has 0 saturated heterocycles. The van der Waals surface area contributed by atoms with E-state index in [2.05, 4.69) is 26.2 Å². The van der Waals surface area contributed by atoms with Gasteiger partial charge in [0.05, 0.1) is 5.69 Å². The number of carbonyl (C=O) groups excluding carboxylic acids is 1. The summed E-state index contributed by atoms with van der Waals surface area (Å²) in [5.74, 6) is 0.481. The maximum absolute atomic E-state index is 11.4. The fourth-order valence-electron chi connectivity index (χ4n) is 1.02. The average molecular weight is 287 g/mol. The van der Waals surface area contributed by atoms with Gasteiger partial charge >= 0.3 is 6.09 Å². The third-order valence-electron chi connectivity index (χ3n) is 1.65. The molecule has 88 valence electrons. The Morgan fingerprint density at radius 1 is 1.44 bits per heavy atom. The zero-order valence-corrected chi connectivity index (χ0v) is 11.4. The molecule has 1 heterocycles. The van der Waals surface area contributed by atoms with Gasteiger partial charge in [-0.05, 0) is 55.8 Å². The number of halogens is 1. The maximum atomic E-state index is 11.4. The van der Waals surface area contributed by atoms with E-state index in [1.54, 1.807) is 6.07 Å². The van der Waals surface area contributed by atoms with Crippen LogP contribution in [0.25, 0.3) is 0 Å². The molecule has 0 fully saturated rings. The number of nitrogens with zero attached hydrogens (tertiary/aromatic N) is 1. The molecule has 0 unspecified atom stereocenters. The van der Waals surface area contributed by atoms with Gasteiger partial charge in [-0.3, -0.25) is 5.32 Å². The second kappa shape index (κ2) is 4.82. The summed E-state index contributed by atoms with van der Waals surface area (Å²) >= 11 is 3.34. The van der Waals surface area contributed by atoms with Gasteiger partial charge < -0.3 is 4.74 Å². The van der Waals surface area contributed by atoms with E-state index in [9.17, 15) is 4.79 Å². The van der Waals surface area contributed by atoms with Crippen molar-refractivity contribution in [1.29, 1.82) is 0 Å². The second-order valence-electron chi connectivity index (χ2n) is 4.39. The normalized spacial score (nSPS) is 11.1. The van der Waals surface area contributed by atoms with Crippen molar-refractivity contribution in [2.45, 2.75) is 33.3 Å². The van der Waals surface area contributed by atoms with Gasteiger partial charge in [-0.1, -0.05) is 0 Å². The van der Waals surface area contributed by atoms with E-state index in [-0.39, 0.29) is 0 Å². The smallest absolute Gasteiger partial charge is 0.413 e. The number of aromatic nitrogens is 1. The fourth-order valence-corrected chi connectivity index (χ4v) is 1.24. The van der Waals surface area contributed by atoms with Crippen molar-refractivity contribution in [3.05, 3.63) is 22.3 Å². The average Bonchev–Trinajstić information content (AvgIpc) is 2.08. The molecule has 1 rings (SSSR count). The number of carbonyl (C=O) groups is 1. The quantitative estimate of drug-likeness (QED) is 0.860. The lowest BCUT2D eigenvalue weighted by Gasteiger charge is -2.19.